The topological polar surface area (TPSA) is 48.1 Å². The van der Waals surface area contributed by atoms with Crippen LogP contribution in [-0.2, 0) is 13.2 Å². The number of nitrogens with zero attached hydrogens (tertiary/aromatic N) is 1. The Bertz CT molecular complexity index is 554. The zero-order chi connectivity index (χ0) is 13.8. The van der Waals surface area contributed by atoms with Gasteiger partial charge < -0.3 is 10.5 Å². The number of halogens is 1. The van der Waals surface area contributed by atoms with Gasteiger partial charge in [0.05, 0.1) is 15.7 Å². The maximum absolute atomic E-state index is 6.13. The number of nitrogens with two attached hydrogens (primary N) is 1. The molecule has 2 N–H and O–H groups in total. The number of hydrogen-bond donors (Lipinski definition) is 1. The number of para-hydroxylation sites is 1. The zero-order valence-corrected chi connectivity index (χ0v) is 12.6. The van der Waals surface area contributed by atoms with Gasteiger partial charge in [0, 0.05) is 23.4 Å². The SMILES string of the molecule is CC(C)c1nc(COc2c(Cl)cccc2CN)cs1. The highest BCUT2D eigenvalue weighted by Crippen LogP contribution is 2.29. The highest BCUT2D eigenvalue weighted by Gasteiger charge is 2.10. The van der Waals surface area contributed by atoms with Gasteiger partial charge in [-0.05, 0) is 6.07 Å². The van der Waals surface area contributed by atoms with E-state index in [-0.39, 0.29) is 0 Å². The molecule has 1 heterocycles. The van der Waals surface area contributed by atoms with Crippen molar-refractivity contribution in [3.63, 3.8) is 0 Å². The number of aromatic nitrogens is 1. The normalized spacial score (nSPS) is 11.0. The minimum Gasteiger partial charge on any atom is -0.485 e. The number of benzene rings is 1. The van der Waals surface area contributed by atoms with Gasteiger partial charge >= 0.3 is 0 Å². The molecule has 5 heteroatoms. The molecule has 0 saturated heterocycles. The summed E-state index contributed by atoms with van der Waals surface area (Å²) in [6.45, 7) is 5.08. The molecule has 0 amide bonds. The molecule has 0 spiro atoms. The largest absolute Gasteiger partial charge is 0.485 e. The maximum atomic E-state index is 6.13. The molecule has 1 aromatic heterocycles. The Labute approximate surface area is 122 Å². The summed E-state index contributed by atoms with van der Waals surface area (Å²) in [6.07, 6.45) is 0. The van der Waals surface area contributed by atoms with Crippen LogP contribution in [0.1, 0.15) is 36.0 Å². The Balaban J connectivity index is 2.09. The lowest BCUT2D eigenvalue weighted by Gasteiger charge is -2.10. The Kier molecular flexibility index (Phi) is 4.80. The smallest absolute Gasteiger partial charge is 0.142 e. The molecule has 0 unspecified atom stereocenters. The third kappa shape index (κ3) is 3.47. The monoisotopic (exact) mass is 296 g/mol. The molecule has 0 aliphatic heterocycles. The fourth-order valence-corrected chi connectivity index (χ4v) is 2.74. The van der Waals surface area contributed by atoms with Crippen LogP contribution < -0.4 is 10.5 Å². The molecule has 0 atom stereocenters. The average Bonchev–Trinajstić information content (AvgIpc) is 2.86. The predicted octanol–water partition coefficient (Wildman–Crippen LogP) is 3.96. The summed E-state index contributed by atoms with van der Waals surface area (Å²) in [7, 11) is 0. The number of ether oxygens (including phenoxy) is 1. The second-order valence-electron chi connectivity index (χ2n) is 4.55. The Hall–Kier alpha value is -1.10. The quantitative estimate of drug-likeness (QED) is 0.908. The van der Waals surface area contributed by atoms with Crippen molar-refractivity contribution in [1.82, 2.24) is 4.98 Å². The zero-order valence-electron chi connectivity index (χ0n) is 11.0. The first-order valence-corrected chi connectivity index (χ1v) is 7.42. The van der Waals surface area contributed by atoms with E-state index in [2.05, 4.69) is 18.8 Å². The minimum absolute atomic E-state index is 0.407. The lowest BCUT2D eigenvalue weighted by atomic mass is 10.2. The van der Waals surface area contributed by atoms with E-state index in [0.717, 1.165) is 16.3 Å². The third-order valence-corrected chi connectivity index (χ3v) is 4.19. The van der Waals surface area contributed by atoms with E-state index in [1.165, 1.54) is 0 Å². The third-order valence-electron chi connectivity index (χ3n) is 2.70. The van der Waals surface area contributed by atoms with Crippen molar-refractivity contribution in [2.75, 3.05) is 0 Å². The number of thiazole rings is 1. The second kappa shape index (κ2) is 6.37. The van der Waals surface area contributed by atoms with Crippen LogP contribution >= 0.6 is 22.9 Å². The van der Waals surface area contributed by atoms with Crippen LogP contribution in [0.4, 0.5) is 0 Å². The molecular weight excluding hydrogens is 280 g/mol. The van der Waals surface area contributed by atoms with Crippen LogP contribution in [0.5, 0.6) is 5.75 Å². The van der Waals surface area contributed by atoms with Crippen LogP contribution in [0.3, 0.4) is 0 Å². The van der Waals surface area contributed by atoms with E-state index in [9.17, 15) is 0 Å². The van der Waals surface area contributed by atoms with Gasteiger partial charge in [-0.1, -0.05) is 37.6 Å². The van der Waals surface area contributed by atoms with Crippen molar-refractivity contribution in [2.45, 2.75) is 32.9 Å². The molecule has 0 fully saturated rings. The highest BCUT2D eigenvalue weighted by atomic mass is 35.5. The van der Waals surface area contributed by atoms with E-state index in [1.54, 1.807) is 17.4 Å². The van der Waals surface area contributed by atoms with Crippen LogP contribution in [0.25, 0.3) is 0 Å². The molecule has 0 saturated carbocycles. The van der Waals surface area contributed by atoms with Crippen molar-refractivity contribution < 1.29 is 4.74 Å². The summed E-state index contributed by atoms with van der Waals surface area (Å²) in [5.41, 5.74) is 7.52. The van der Waals surface area contributed by atoms with Gasteiger partial charge in [0.25, 0.3) is 0 Å². The van der Waals surface area contributed by atoms with Crippen molar-refractivity contribution in [3.8, 4) is 5.75 Å². The van der Waals surface area contributed by atoms with Gasteiger partial charge in [-0.3, -0.25) is 0 Å². The molecule has 0 bridgehead atoms. The molecule has 102 valence electrons. The predicted molar refractivity (Wildman–Crippen MR) is 79.9 cm³/mol. The van der Waals surface area contributed by atoms with Crippen LogP contribution in [0, 0.1) is 0 Å². The van der Waals surface area contributed by atoms with Crippen molar-refractivity contribution >= 4 is 22.9 Å². The van der Waals surface area contributed by atoms with Gasteiger partial charge in [0.15, 0.2) is 0 Å². The first kappa shape index (κ1) is 14.3. The molecular formula is C14H17ClN2OS. The standard InChI is InChI=1S/C14H17ClN2OS/c1-9(2)14-17-11(8-19-14)7-18-13-10(6-16)4-3-5-12(13)15/h3-5,8-9H,6-7,16H2,1-2H3. The van der Waals surface area contributed by atoms with Crippen molar-refractivity contribution in [2.24, 2.45) is 5.73 Å². The molecule has 2 rings (SSSR count). The van der Waals surface area contributed by atoms with Crippen LogP contribution in [0.15, 0.2) is 23.6 Å². The minimum atomic E-state index is 0.407. The van der Waals surface area contributed by atoms with Gasteiger partial charge in [-0.2, -0.15) is 0 Å². The first-order valence-electron chi connectivity index (χ1n) is 6.16. The van der Waals surface area contributed by atoms with E-state index in [4.69, 9.17) is 22.1 Å². The first-order chi connectivity index (χ1) is 9.11. The summed E-state index contributed by atoms with van der Waals surface area (Å²) in [5, 5.41) is 3.73. The van der Waals surface area contributed by atoms with Crippen molar-refractivity contribution in [3.05, 3.63) is 44.9 Å². The molecule has 0 aliphatic rings. The van der Waals surface area contributed by atoms with E-state index >= 15 is 0 Å². The summed E-state index contributed by atoms with van der Waals surface area (Å²) in [4.78, 5) is 4.53. The fourth-order valence-electron chi connectivity index (χ4n) is 1.68. The Morgan fingerprint density at radius 2 is 2.21 bits per heavy atom. The number of rotatable bonds is 5. The van der Waals surface area contributed by atoms with Gasteiger partial charge in [0.2, 0.25) is 0 Å². The highest BCUT2D eigenvalue weighted by molar-refractivity contribution is 7.09. The van der Waals surface area contributed by atoms with Crippen LogP contribution in [-0.4, -0.2) is 4.98 Å². The maximum Gasteiger partial charge on any atom is 0.142 e. The van der Waals surface area contributed by atoms with E-state index in [0.29, 0.717) is 29.8 Å². The van der Waals surface area contributed by atoms with Gasteiger partial charge in [-0.15, -0.1) is 11.3 Å². The van der Waals surface area contributed by atoms with E-state index in [1.807, 2.05) is 17.5 Å². The lowest BCUT2D eigenvalue weighted by Crippen LogP contribution is -2.03. The summed E-state index contributed by atoms with van der Waals surface area (Å²) < 4.78 is 5.77. The Morgan fingerprint density at radius 1 is 1.42 bits per heavy atom. The van der Waals surface area contributed by atoms with E-state index < -0.39 is 0 Å². The molecule has 0 radical (unpaired) electrons. The number of hydrogen-bond acceptors (Lipinski definition) is 4. The van der Waals surface area contributed by atoms with Crippen LogP contribution in [0.2, 0.25) is 5.02 Å². The van der Waals surface area contributed by atoms with Crippen molar-refractivity contribution in [1.29, 1.82) is 0 Å². The summed E-state index contributed by atoms with van der Waals surface area (Å²) >= 11 is 7.79. The molecule has 2 aromatic rings. The second-order valence-corrected chi connectivity index (χ2v) is 5.85. The lowest BCUT2D eigenvalue weighted by molar-refractivity contribution is 0.299. The summed E-state index contributed by atoms with van der Waals surface area (Å²) in [5.74, 6) is 1.10. The molecule has 19 heavy (non-hydrogen) atoms. The molecule has 0 aliphatic carbocycles. The molecule has 1 aromatic carbocycles. The van der Waals surface area contributed by atoms with Gasteiger partial charge in [0.1, 0.15) is 12.4 Å². The fraction of sp³-hybridized carbons (Fsp3) is 0.357. The average molecular weight is 297 g/mol. The summed E-state index contributed by atoms with van der Waals surface area (Å²) in [6, 6.07) is 5.59. The Morgan fingerprint density at radius 3 is 2.84 bits per heavy atom. The van der Waals surface area contributed by atoms with Gasteiger partial charge in [-0.25, -0.2) is 4.98 Å². The molecule has 3 nitrogen and oxygen atoms in total.